The molecule has 0 bridgehead atoms. The van der Waals surface area contributed by atoms with Crippen molar-refractivity contribution in [1.82, 2.24) is 4.57 Å². The van der Waals surface area contributed by atoms with Crippen LogP contribution in [0.2, 0.25) is 0 Å². The second-order valence-electron chi connectivity index (χ2n) is 7.84. The smallest absolute Gasteiger partial charge is 0.279 e. The van der Waals surface area contributed by atoms with Gasteiger partial charge in [-0.1, -0.05) is 44.2 Å². The third-order valence-corrected chi connectivity index (χ3v) is 5.72. The van der Waals surface area contributed by atoms with Gasteiger partial charge in [0.15, 0.2) is 4.80 Å². The first-order chi connectivity index (χ1) is 13.8. The minimum Gasteiger partial charge on any atom is -0.494 e. The Balaban J connectivity index is 2.01. The van der Waals surface area contributed by atoms with Gasteiger partial charge in [-0.3, -0.25) is 4.79 Å². The normalized spacial score (nSPS) is 12.5. The molecule has 0 aliphatic rings. The summed E-state index contributed by atoms with van der Waals surface area (Å²) in [6, 6.07) is 13.7. The molecule has 0 spiro atoms. The largest absolute Gasteiger partial charge is 0.494 e. The third kappa shape index (κ3) is 4.95. The second kappa shape index (κ2) is 8.93. The molecule has 3 rings (SSSR count). The van der Waals surface area contributed by atoms with Crippen LogP contribution < -0.4 is 9.54 Å². The summed E-state index contributed by atoms with van der Waals surface area (Å²) in [5.41, 5.74) is 2.84. The molecule has 0 aliphatic carbocycles. The van der Waals surface area contributed by atoms with Crippen LogP contribution in [-0.2, 0) is 16.7 Å². The number of carbonyl (C=O) groups is 1. The van der Waals surface area contributed by atoms with E-state index in [9.17, 15) is 4.79 Å². The fourth-order valence-corrected chi connectivity index (χ4v) is 4.14. The Morgan fingerprint density at radius 1 is 1.14 bits per heavy atom. The van der Waals surface area contributed by atoms with Crippen LogP contribution in [0.5, 0.6) is 5.75 Å². The van der Waals surface area contributed by atoms with Crippen LogP contribution >= 0.6 is 11.3 Å². The monoisotopic (exact) mass is 412 g/mol. The first kappa shape index (κ1) is 21.3. The van der Waals surface area contributed by atoms with Crippen molar-refractivity contribution in [2.24, 2.45) is 4.99 Å². The molecule has 0 saturated heterocycles. The Bertz CT molecular complexity index is 1060. The number of hydrogen-bond donors (Lipinski definition) is 0. The number of nitrogens with zero attached hydrogens (tertiary/aromatic N) is 2. The van der Waals surface area contributed by atoms with Crippen molar-refractivity contribution in [3.05, 3.63) is 58.4 Å². The summed E-state index contributed by atoms with van der Waals surface area (Å²) in [7, 11) is 1.67. The van der Waals surface area contributed by atoms with Crippen molar-refractivity contribution >= 4 is 27.5 Å². The molecule has 0 N–H and O–H groups in total. The van der Waals surface area contributed by atoms with E-state index in [1.807, 2.05) is 54.0 Å². The molecule has 1 aromatic heterocycles. The van der Waals surface area contributed by atoms with Gasteiger partial charge in [-0.2, -0.15) is 4.99 Å². The van der Waals surface area contributed by atoms with Crippen molar-refractivity contribution in [3.8, 4) is 5.75 Å². The highest BCUT2D eigenvalue weighted by Gasteiger charge is 2.15. The molecule has 154 valence electrons. The number of fused-ring (bicyclic) bond motifs is 1. The molecule has 1 heterocycles. The molecule has 2 aromatic carbocycles. The molecule has 29 heavy (non-hydrogen) atoms. The Hall–Kier alpha value is -2.44. The summed E-state index contributed by atoms with van der Waals surface area (Å²) in [6.45, 7) is 10.2. The van der Waals surface area contributed by atoms with Gasteiger partial charge in [0.25, 0.3) is 5.91 Å². The molecule has 3 aromatic rings. The lowest BCUT2D eigenvalue weighted by Crippen LogP contribution is -2.19. The van der Waals surface area contributed by atoms with Gasteiger partial charge in [-0.15, -0.1) is 0 Å². The summed E-state index contributed by atoms with van der Waals surface area (Å²) < 4.78 is 13.9. The van der Waals surface area contributed by atoms with Crippen LogP contribution in [-0.4, -0.2) is 30.8 Å². The van der Waals surface area contributed by atoms with Gasteiger partial charge < -0.3 is 14.0 Å². The average molecular weight is 413 g/mol. The standard InChI is InChI=1S/C23H28N2O3S/c1-6-28-18-11-12-19-20(15-18)29-22(25(19)13-14-27-5)24-21(26)16-7-9-17(10-8-16)23(2,3)4/h7-12,15H,6,13-14H2,1-5H3. The van der Waals surface area contributed by atoms with Crippen LogP contribution in [0.1, 0.15) is 43.6 Å². The van der Waals surface area contributed by atoms with Gasteiger partial charge in [-0.25, -0.2) is 0 Å². The van der Waals surface area contributed by atoms with Crippen LogP contribution in [0.25, 0.3) is 10.2 Å². The number of amides is 1. The topological polar surface area (TPSA) is 52.8 Å². The van der Waals surface area contributed by atoms with Gasteiger partial charge in [0.05, 0.1) is 23.4 Å². The Labute approximate surface area is 175 Å². The van der Waals surface area contributed by atoms with Crippen molar-refractivity contribution < 1.29 is 14.3 Å². The first-order valence-electron chi connectivity index (χ1n) is 9.78. The van der Waals surface area contributed by atoms with Gasteiger partial charge >= 0.3 is 0 Å². The van der Waals surface area contributed by atoms with Gasteiger partial charge in [0.2, 0.25) is 0 Å². The maximum absolute atomic E-state index is 12.8. The van der Waals surface area contributed by atoms with Crippen molar-refractivity contribution in [2.75, 3.05) is 20.3 Å². The zero-order chi connectivity index (χ0) is 21.0. The van der Waals surface area contributed by atoms with Crippen LogP contribution in [0.3, 0.4) is 0 Å². The molecular weight excluding hydrogens is 384 g/mol. The maximum atomic E-state index is 12.8. The average Bonchev–Trinajstić information content (AvgIpc) is 3.02. The predicted molar refractivity (Wildman–Crippen MR) is 118 cm³/mol. The quantitative estimate of drug-likeness (QED) is 0.585. The SMILES string of the molecule is CCOc1ccc2c(c1)sc(=NC(=O)c1ccc(C(C)(C)C)cc1)n2CCOC. The lowest BCUT2D eigenvalue weighted by atomic mass is 9.87. The number of methoxy groups -OCH3 is 1. The van der Waals surface area contributed by atoms with E-state index >= 15 is 0 Å². The molecule has 0 fully saturated rings. The lowest BCUT2D eigenvalue weighted by Gasteiger charge is -2.18. The number of aromatic nitrogens is 1. The van der Waals surface area contributed by atoms with E-state index < -0.39 is 0 Å². The van der Waals surface area contributed by atoms with Crippen LogP contribution in [0.4, 0.5) is 0 Å². The van der Waals surface area contributed by atoms with E-state index in [1.54, 1.807) is 7.11 Å². The van der Waals surface area contributed by atoms with Gasteiger partial charge in [0.1, 0.15) is 5.75 Å². The zero-order valence-corrected chi connectivity index (χ0v) is 18.5. The fourth-order valence-electron chi connectivity index (χ4n) is 3.06. The van der Waals surface area contributed by atoms with E-state index in [1.165, 1.54) is 16.9 Å². The molecule has 5 nitrogen and oxygen atoms in total. The van der Waals surface area contributed by atoms with E-state index in [4.69, 9.17) is 9.47 Å². The third-order valence-electron chi connectivity index (χ3n) is 4.68. The van der Waals surface area contributed by atoms with Crippen molar-refractivity contribution in [3.63, 3.8) is 0 Å². The molecule has 0 atom stereocenters. The number of benzene rings is 2. The molecular formula is C23H28N2O3S. The van der Waals surface area contributed by atoms with E-state index in [-0.39, 0.29) is 11.3 Å². The minimum atomic E-state index is -0.242. The van der Waals surface area contributed by atoms with Gasteiger partial charge in [-0.05, 0) is 48.2 Å². The Morgan fingerprint density at radius 3 is 2.48 bits per heavy atom. The molecule has 1 amide bonds. The molecule has 0 unspecified atom stereocenters. The number of ether oxygens (including phenoxy) is 2. The lowest BCUT2D eigenvalue weighted by molar-refractivity contribution is 0.0997. The number of hydrogen-bond acceptors (Lipinski definition) is 4. The second-order valence-corrected chi connectivity index (χ2v) is 8.85. The highest BCUT2D eigenvalue weighted by molar-refractivity contribution is 7.16. The minimum absolute atomic E-state index is 0.0473. The number of carbonyl (C=O) groups excluding carboxylic acids is 1. The summed E-state index contributed by atoms with van der Waals surface area (Å²) in [5.74, 6) is 0.573. The predicted octanol–water partition coefficient (Wildman–Crippen LogP) is 4.79. The highest BCUT2D eigenvalue weighted by atomic mass is 32.1. The van der Waals surface area contributed by atoms with E-state index in [2.05, 4.69) is 25.8 Å². The summed E-state index contributed by atoms with van der Waals surface area (Å²) in [5, 5.41) is 0. The van der Waals surface area contributed by atoms with Crippen LogP contribution in [0.15, 0.2) is 47.5 Å². The number of thiazole rings is 1. The summed E-state index contributed by atoms with van der Waals surface area (Å²) in [4.78, 5) is 17.9. The van der Waals surface area contributed by atoms with Crippen molar-refractivity contribution in [2.45, 2.75) is 39.7 Å². The molecule has 0 aliphatic heterocycles. The van der Waals surface area contributed by atoms with Crippen molar-refractivity contribution in [1.29, 1.82) is 0 Å². The number of rotatable bonds is 6. The van der Waals surface area contributed by atoms with Gasteiger partial charge in [0, 0.05) is 19.2 Å². The Kier molecular flexibility index (Phi) is 6.55. The Morgan fingerprint density at radius 2 is 1.86 bits per heavy atom. The maximum Gasteiger partial charge on any atom is 0.279 e. The molecule has 0 saturated carbocycles. The first-order valence-corrected chi connectivity index (χ1v) is 10.6. The van der Waals surface area contributed by atoms with Crippen LogP contribution in [0, 0.1) is 0 Å². The molecule has 6 heteroatoms. The highest BCUT2D eigenvalue weighted by Crippen LogP contribution is 2.24. The van der Waals surface area contributed by atoms with E-state index in [0.29, 0.717) is 30.1 Å². The summed E-state index contributed by atoms with van der Waals surface area (Å²) >= 11 is 1.48. The molecule has 0 radical (unpaired) electrons. The fraction of sp³-hybridized carbons (Fsp3) is 0.391. The van der Waals surface area contributed by atoms with E-state index in [0.717, 1.165) is 16.0 Å². The zero-order valence-electron chi connectivity index (χ0n) is 17.7. The summed E-state index contributed by atoms with van der Waals surface area (Å²) in [6.07, 6.45) is 0.